The molecule has 1 atom stereocenters. The fourth-order valence-corrected chi connectivity index (χ4v) is 4.47. The van der Waals surface area contributed by atoms with E-state index in [2.05, 4.69) is 82.6 Å². The van der Waals surface area contributed by atoms with Crippen LogP contribution in [0.2, 0.25) is 0 Å². The van der Waals surface area contributed by atoms with Gasteiger partial charge in [0.05, 0.1) is 5.69 Å². The number of rotatable bonds is 3. The molecule has 0 spiro atoms. The van der Waals surface area contributed by atoms with E-state index in [9.17, 15) is 0 Å². The van der Waals surface area contributed by atoms with Crippen LogP contribution in [-0.4, -0.2) is 26.2 Å². The minimum atomic E-state index is 0.406. The predicted octanol–water partition coefficient (Wildman–Crippen LogP) is 4.42. The number of hydrogen-bond donors (Lipinski definition) is 0. The van der Waals surface area contributed by atoms with Crippen molar-refractivity contribution >= 4 is 11.0 Å². The molecule has 0 bridgehead atoms. The van der Waals surface area contributed by atoms with Gasteiger partial charge in [0.2, 0.25) is 0 Å². The largest absolute Gasteiger partial charge is 0.294 e. The maximum Gasteiger partial charge on any atom is 0.157 e. The molecule has 0 aliphatic carbocycles. The summed E-state index contributed by atoms with van der Waals surface area (Å²) in [5.41, 5.74) is 7.51. The fourth-order valence-electron chi connectivity index (χ4n) is 4.47. The molecule has 3 heterocycles. The summed E-state index contributed by atoms with van der Waals surface area (Å²) in [6.45, 7) is 4.94. The van der Waals surface area contributed by atoms with Gasteiger partial charge in [-0.15, -0.1) is 0 Å². The van der Waals surface area contributed by atoms with Gasteiger partial charge >= 0.3 is 0 Å². The Morgan fingerprint density at radius 2 is 1.82 bits per heavy atom. The normalized spacial score (nSPS) is 17.0. The monoisotopic (exact) mass is 368 g/mol. The summed E-state index contributed by atoms with van der Waals surface area (Å²) >= 11 is 0. The maximum absolute atomic E-state index is 4.66. The number of benzene rings is 2. The number of aryl methyl sites for hydroxylation is 2. The van der Waals surface area contributed by atoms with Crippen LogP contribution in [0.3, 0.4) is 0 Å². The topological polar surface area (TPSA) is 34.0 Å². The molecule has 2 aromatic carbocycles. The molecule has 4 heteroatoms. The highest BCUT2D eigenvalue weighted by Crippen LogP contribution is 2.34. The van der Waals surface area contributed by atoms with E-state index >= 15 is 0 Å². The van der Waals surface area contributed by atoms with Crippen LogP contribution in [-0.2, 0) is 20.1 Å². The molecule has 4 aromatic rings. The Balaban J connectivity index is 1.47. The summed E-state index contributed by atoms with van der Waals surface area (Å²) in [5.74, 6) is 0.406. The zero-order valence-electron chi connectivity index (χ0n) is 16.3. The van der Waals surface area contributed by atoms with E-state index in [0.717, 1.165) is 36.4 Å². The Morgan fingerprint density at radius 3 is 2.68 bits per heavy atom. The van der Waals surface area contributed by atoms with E-state index in [1.807, 2.05) is 17.9 Å². The number of aromatic nitrogens is 3. The summed E-state index contributed by atoms with van der Waals surface area (Å²) in [6.07, 6.45) is 2.00. The molecule has 1 aliphatic heterocycles. The molecule has 5 rings (SSSR count). The highest BCUT2D eigenvalue weighted by atomic mass is 15.3. The molecular formula is C24H24N4. The SMILES string of the molecule is Cc1nn(C)c2ncc(CN3Cc4ccccc4C(c4ccccc4)C3)cc12. The minimum Gasteiger partial charge on any atom is -0.294 e. The lowest BCUT2D eigenvalue weighted by atomic mass is 9.84. The molecule has 140 valence electrons. The van der Waals surface area contributed by atoms with E-state index < -0.39 is 0 Å². The van der Waals surface area contributed by atoms with Gasteiger partial charge in [0.15, 0.2) is 5.65 Å². The average molecular weight is 368 g/mol. The van der Waals surface area contributed by atoms with Crippen molar-refractivity contribution in [3.05, 3.63) is 94.8 Å². The fraction of sp³-hybridized carbons (Fsp3) is 0.250. The zero-order valence-corrected chi connectivity index (χ0v) is 16.3. The van der Waals surface area contributed by atoms with Gasteiger partial charge in [-0.05, 0) is 35.2 Å². The second-order valence-electron chi connectivity index (χ2n) is 7.76. The van der Waals surface area contributed by atoms with Crippen molar-refractivity contribution in [2.75, 3.05) is 6.54 Å². The number of hydrogen-bond acceptors (Lipinski definition) is 3. The third-order valence-electron chi connectivity index (χ3n) is 5.79. The van der Waals surface area contributed by atoms with Gasteiger partial charge in [0.25, 0.3) is 0 Å². The quantitative estimate of drug-likeness (QED) is 0.537. The highest BCUT2D eigenvalue weighted by Gasteiger charge is 2.26. The van der Waals surface area contributed by atoms with Gasteiger partial charge in [-0.1, -0.05) is 54.6 Å². The van der Waals surface area contributed by atoms with Crippen molar-refractivity contribution < 1.29 is 0 Å². The van der Waals surface area contributed by atoms with E-state index in [4.69, 9.17) is 0 Å². The summed E-state index contributed by atoms with van der Waals surface area (Å²) in [6, 6.07) is 22.0. The van der Waals surface area contributed by atoms with Crippen molar-refractivity contribution in [2.24, 2.45) is 7.05 Å². The second kappa shape index (κ2) is 6.88. The molecule has 4 nitrogen and oxygen atoms in total. The molecule has 0 saturated heterocycles. The number of pyridine rings is 1. The lowest BCUT2D eigenvalue weighted by molar-refractivity contribution is 0.232. The first-order valence-electron chi connectivity index (χ1n) is 9.82. The Kier molecular flexibility index (Phi) is 4.21. The molecule has 0 saturated carbocycles. The molecule has 2 aromatic heterocycles. The molecule has 0 radical (unpaired) electrons. The standard InChI is InChI=1S/C24H24N4/c1-17-22-12-18(13-25-24(22)27(2)26-17)14-28-15-20-10-6-7-11-21(20)23(16-28)19-8-4-3-5-9-19/h3-13,23H,14-16H2,1-2H3. The first kappa shape index (κ1) is 17.1. The predicted molar refractivity (Wildman–Crippen MR) is 112 cm³/mol. The van der Waals surface area contributed by atoms with Crippen molar-refractivity contribution in [2.45, 2.75) is 25.9 Å². The summed E-state index contributed by atoms with van der Waals surface area (Å²) in [5, 5.41) is 5.65. The first-order valence-corrected chi connectivity index (χ1v) is 9.82. The van der Waals surface area contributed by atoms with E-state index in [0.29, 0.717) is 5.92 Å². The second-order valence-corrected chi connectivity index (χ2v) is 7.76. The van der Waals surface area contributed by atoms with Crippen LogP contribution in [0.1, 0.15) is 33.9 Å². The van der Waals surface area contributed by atoms with Gasteiger partial charge in [0, 0.05) is 44.2 Å². The summed E-state index contributed by atoms with van der Waals surface area (Å²) < 4.78 is 1.86. The van der Waals surface area contributed by atoms with Crippen molar-refractivity contribution in [1.82, 2.24) is 19.7 Å². The molecule has 0 N–H and O–H groups in total. The molecule has 0 amide bonds. The van der Waals surface area contributed by atoms with Gasteiger partial charge in [0.1, 0.15) is 0 Å². The molecule has 1 aliphatic rings. The number of nitrogens with zero attached hydrogens (tertiary/aromatic N) is 4. The lowest BCUT2D eigenvalue weighted by Gasteiger charge is -2.35. The highest BCUT2D eigenvalue weighted by molar-refractivity contribution is 5.78. The first-order chi connectivity index (χ1) is 13.7. The minimum absolute atomic E-state index is 0.406. The van der Waals surface area contributed by atoms with Gasteiger partial charge in [-0.2, -0.15) is 5.10 Å². The van der Waals surface area contributed by atoms with Crippen molar-refractivity contribution in [3.63, 3.8) is 0 Å². The van der Waals surface area contributed by atoms with Crippen molar-refractivity contribution in [3.8, 4) is 0 Å². The summed E-state index contributed by atoms with van der Waals surface area (Å²) in [7, 11) is 1.95. The number of fused-ring (bicyclic) bond motifs is 2. The molecule has 28 heavy (non-hydrogen) atoms. The Bertz CT molecular complexity index is 1130. The summed E-state index contributed by atoms with van der Waals surface area (Å²) in [4.78, 5) is 7.20. The van der Waals surface area contributed by atoms with Crippen LogP contribution in [0.5, 0.6) is 0 Å². The van der Waals surface area contributed by atoms with Gasteiger partial charge < -0.3 is 0 Å². The molecule has 0 fully saturated rings. The molecule has 1 unspecified atom stereocenters. The van der Waals surface area contributed by atoms with E-state index in [-0.39, 0.29) is 0 Å². The zero-order chi connectivity index (χ0) is 19.1. The third kappa shape index (κ3) is 3.00. The van der Waals surface area contributed by atoms with Crippen LogP contribution >= 0.6 is 0 Å². The van der Waals surface area contributed by atoms with E-state index in [1.54, 1.807) is 0 Å². The van der Waals surface area contributed by atoms with Crippen LogP contribution in [0, 0.1) is 6.92 Å². The Morgan fingerprint density at radius 1 is 1.04 bits per heavy atom. The van der Waals surface area contributed by atoms with Crippen LogP contribution in [0.4, 0.5) is 0 Å². The average Bonchev–Trinajstić information content (AvgIpc) is 3.01. The smallest absolute Gasteiger partial charge is 0.157 e. The molecular weight excluding hydrogens is 344 g/mol. The van der Waals surface area contributed by atoms with Crippen molar-refractivity contribution in [1.29, 1.82) is 0 Å². The van der Waals surface area contributed by atoms with Crippen LogP contribution < -0.4 is 0 Å². The van der Waals surface area contributed by atoms with Crippen LogP contribution in [0.15, 0.2) is 66.9 Å². The van der Waals surface area contributed by atoms with Crippen LogP contribution in [0.25, 0.3) is 11.0 Å². The third-order valence-corrected chi connectivity index (χ3v) is 5.79. The van der Waals surface area contributed by atoms with E-state index in [1.165, 1.54) is 22.3 Å². The lowest BCUT2D eigenvalue weighted by Crippen LogP contribution is -2.33. The Labute approximate surface area is 165 Å². The Hall–Kier alpha value is -2.98. The maximum atomic E-state index is 4.66. The van der Waals surface area contributed by atoms with Gasteiger partial charge in [-0.3, -0.25) is 9.58 Å². The van der Waals surface area contributed by atoms with Gasteiger partial charge in [-0.25, -0.2) is 4.98 Å².